The molecule has 4 fully saturated rings. The molecule has 3 heterocycles. The highest BCUT2D eigenvalue weighted by Gasteiger charge is 2.54. The number of aliphatic hydroxyl groups is 3. The third-order valence-corrected chi connectivity index (χ3v) is 11.4. The number of hydrogen-bond acceptors (Lipinski definition) is 10. The fraction of sp³-hybridized carbons (Fsp3) is 0.914. The molecule has 0 aromatic carbocycles. The first kappa shape index (κ1) is 38.2. The largest absolute Gasteiger partial charge is 0.465 e. The van der Waals surface area contributed by atoms with Crippen LogP contribution in [0.1, 0.15) is 87.5 Å². The molecule has 4 rings (SSSR count). The molecule has 0 spiro atoms. The van der Waals surface area contributed by atoms with Crippen LogP contribution in [0.25, 0.3) is 0 Å². The van der Waals surface area contributed by atoms with Crippen molar-refractivity contribution in [3.8, 4) is 12.3 Å². The van der Waals surface area contributed by atoms with Gasteiger partial charge in [-0.15, -0.1) is 6.42 Å². The summed E-state index contributed by atoms with van der Waals surface area (Å²) in [5.41, 5.74) is -0.892. The first-order chi connectivity index (χ1) is 21.0. The van der Waals surface area contributed by atoms with Crippen LogP contribution in [0.4, 0.5) is 0 Å². The Hall–Kier alpha value is -1.29. The van der Waals surface area contributed by atoms with Crippen LogP contribution in [0.2, 0.25) is 0 Å². The van der Waals surface area contributed by atoms with Crippen molar-refractivity contribution in [2.24, 2.45) is 35.0 Å². The lowest BCUT2D eigenvalue weighted by Gasteiger charge is -2.53. The number of hydrogen-bond donors (Lipinski definition) is 3. The molecule has 2 bridgehead atoms. The summed E-state index contributed by atoms with van der Waals surface area (Å²) in [6.07, 6.45) is 5.56. The topological polar surface area (TPSA) is 127 Å². The Bertz CT molecular complexity index is 996. The second-order valence-corrected chi connectivity index (χ2v) is 15.1. The predicted molar refractivity (Wildman–Crippen MR) is 171 cm³/mol. The van der Waals surface area contributed by atoms with Crippen molar-refractivity contribution in [1.82, 2.24) is 4.90 Å². The maximum Gasteiger partial charge on any atom is 0.311 e. The summed E-state index contributed by atoms with van der Waals surface area (Å²) >= 11 is 0. The van der Waals surface area contributed by atoms with Crippen LogP contribution in [0, 0.1) is 47.3 Å². The molecule has 3 aliphatic heterocycles. The van der Waals surface area contributed by atoms with Gasteiger partial charge in [0, 0.05) is 31.9 Å². The van der Waals surface area contributed by atoms with E-state index in [-0.39, 0.29) is 53.9 Å². The zero-order valence-electron chi connectivity index (χ0n) is 29.3. The van der Waals surface area contributed by atoms with Gasteiger partial charge in [-0.25, -0.2) is 0 Å². The van der Waals surface area contributed by atoms with Gasteiger partial charge in [0.05, 0.1) is 49.1 Å². The second-order valence-electron chi connectivity index (χ2n) is 15.1. The van der Waals surface area contributed by atoms with Crippen LogP contribution in [0.3, 0.4) is 0 Å². The Morgan fingerprint density at radius 2 is 1.67 bits per heavy atom. The van der Waals surface area contributed by atoms with Crippen molar-refractivity contribution in [3.63, 3.8) is 0 Å². The zero-order chi connectivity index (χ0) is 33.9. The van der Waals surface area contributed by atoms with Crippen molar-refractivity contribution in [3.05, 3.63) is 0 Å². The molecule has 1 saturated carbocycles. The van der Waals surface area contributed by atoms with Gasteiger partial charge in [0.25, 0.3) is 0 Å². The van der Waals surface area contributed by atoms with Gasteiger partial charge >= 0.3 is 5.97 Å². The second kappa shape index (κ2) is 15.7. The molecular weight excluding hydrogens is 578 g/mol. The van der Waals surface area contributed by atoms with Crippen LogP contribution in [-0.2, 0) is 28.5 Å². The monoisotopic (exact) mass is 639 g/mol. The molecule has 10 heteroatoms. The molecule has 10 nitrogen and oxygen atoms in total. The van der Waals surface area contributed by atoms with Crippen molar-refractivity contribution >= 4 is 5.97 Å². The lowest BCUT2D eigenvalue weighted by molar-refractivity contribution is -0.302. The molecule has 4 aliphatic rings. The minimum atomic E-state index is -0.780. The molecule has 3 N–H and O–H groups in total. The number of ether oxygens (including phenoxy) is 5. The van der Waals surface area contributed by atoms with Crippen LogP contribution < -0.4 is 0 Å². The highest BCUT2D eigenvalue weighted by molar-refractivity contribution is 5.73. The third-order valence-electron chi connectivity index (χ3n) is 11.4. The smallest absolute Gasteiger partial charge is 0.311 e. The first-order valence-electron chi connectivity index (χ1n) is 16.8. The Labute approximate surface area is 271 Å². The van der Waals surface area contributed by atoms with E-state index in [0.29, 0.717) is 31.8 Å². The fourth-order valence-corrected chi connectivity index (χ4v) is 8.13. The fourth-order valence-electron chi connectivity index (χ4n) is 8.13. The third kappa shape index (κ3) is 8.99. The SMILES string of the molecule is C#CCN(C)C1CC(C)OC(O)C1.COC1(C)CC(O[C@H]2C(C)[C@@H](C)[C@]3(C)CC(C)C(O)[C@H](C)COC(=O)[C@@H]2C3)OC(C)C1O. The number of terminal acetylenes is 1. The van der Waals surface area contributed by atoms with Crippen molar-refractivity contribution in [2.75, 3.05) is 27.3 Å². The van der Waals surface area contributed by atoms with Gasteiger partial charge in [-0.2, -0.15) is 0 Å². The van der Waals surface area contributed by atoms with Gasteiger partial charge in [-0.1, -0.05) is 40.5 Å². The van der Waals surface area contributed by atoms with E-state index in [9.17, 15) is 20.1 Å². The molecule has 0 amide bonds. The lowest BCUT2D eigenvalue weighted by atomic mass is 9.56. The number of cyclic esters (lactones) is 1. The predicted octanol–water partition coefficient (Wildman–Crippen LogP) is 3.59. The van der Waals surface area contributed by atoms with Crippen LogP contribution in [0.5, 0.6) is 0 Å². The van der Waals surface area contributed by atoms with E-state index in [4.69, 9.17) is 30.1 Å². The van der Waals surface area contributed by atoms with Gasteiger partial charge < -0.3 is 39.0 Å². The summed E-state index contributed by atoms with van der Waals surface area (Å²) in [5.74, 6) is 2.31. The van der Waals surface area contributed by atoms with E-state index in [2.05, 4.69) is 38.5 Å². The van der Waals surface area contributed by atoms with Crippen LogP contribution >= 0.6 is 0 Å². The van der Waals surface area contributed by atoms with E-state index < -0.39 is 42.4 Å². The average molecular weight is 640 g/mol. The molecular formula is C35H61NO9. The molecule has 45 heavy (non-hydrogen) atoms. The number of carbonyl (C=O) groups is 1. The summed E-state index contributed by atoms with van der Waals surface area (Å²) in [6.45, 7) is 17.1. The van der Waals surface area contributed by atoms with Crippen molar-refractivity contribution < 1.29 is 43.8 Å². The lowest BCUT2D eigenvalue weighted by Crippen LogP contribution is -2.59. The Kier molecular flexibility index (Phi) is 13.3. The quantitative estimate of drug-likeness (QED) is 0.304. The molecule has 0 aromatic rings. The molecule has 260 valence electrons. The molecule has 1 aliphatic carbocycles. The highest BCUT2D eigenvalue weighted by Crippen LogP contribution is 2.53. The molecule has 15 atom stereocenters. The minimum absolute atomic E-state index is 0.0899. The summed E-state index contributed by atoms with van der Waals surface area (Å²) < 4.78 is 29.0. The summed E-state index contributed by atoms with van der Waals surface area (Å²) in [7, 11) is 3.57. The van der Waals surface area contributed by atoms with Gasteiger partial charge in [0.15, 0.2) is 12.6 Å². The van der Waals surface area contributed by atoms with Gasteiger partial charge in [-0.05, 0) is 70.3 Å². The van der Waals surface area contributed by atoms with E-state index in [1.807, 2.05) is 34.7 Å². The summed E-state index contributed by atoms with van der Waals surface area (Å²) in [4.78, 5) is 15.3. The van der Waals surface area contributed by atoms with Crippen LogP contribution in [0.15, 0.2) is 0 Å². The minimum Gasteiger partial charge on any atom is -0.465 e. The number of rotatable bonds is 5. The first-order valence-corrected chi connectivity index (χ1v) is 16.8. The Morgan fingerprint density at radius 3 is 2.27 bits per heavy atom. The van der Waals surface area contributed by atoms with Gasteiger partial charge in [0.1, 0.15) is 6.10 Å². The number of fused-ring (bicyclic) bond motifs is 2. The van der Waals surface area contributed by atoms with Crippen LogP contribution in [-0.4, -0.2) is 108 Å². The Morgan fingerprint density at radius 1 is 1.00 bits per heavy atom. The number of carbonyl (C=O) groups excluding carboxylic acids is 1. The van der Waals surface area contributed by atoms with E-state index in [0.717, 1.165) is 12.8 Å². The number of esters is 1. The average Bonchev–Trinajstić information content (AvgIpc) is 2.97. The molecule has 10 unspecified atom stereocenters. The van der Waals surface area contributed by atoms with Gasteiger partial charge in [-0.3, -0.25) is 9.69 Å². The maximum atomic E-state index is 13.2. The standard InChI is InChI=1S/C25H44O7.C10H17NO2/c1-13-9-24(6)10-18(23(28)30-12-14(2)20(13)26)21(15(3)16(24)4)32-19-11-25(7,29-8)22(27)17(5)31-19;1-4-5-11(3)9-6-8(2)13-10(12)7-9/h13-22,26-27H,9-12H2,1-8H3;1,8-10,12H,5-7H2,2-3H3/t13?,14-,15?,16-,17?,18-,19?,20?,21+,22?,24-,25?;/m1./s1. The maximum absolute atomic E-state index is 13.2. The van der Waals surface area contributed by atoms with E-state index in [1.54, 1.807) is 7.11 Å². The summed E-state index contributed by atoms with van der Waals surface area (Å²) in [6, 6.07) is 0.342. The number of aliphatic hydroxyl groups excluding tert-OH is 3. The van der Waals surface area contributed by atoms with Crippen molar-refractivity contribution in [1.29, 1.82) is 0 Å². The zero-order valence-corrected chi connectivity index (χ0v) is 29.3. The highest BCUT2D eigenvalue weighted by atomic mass is 16.7. The van der Waals surface area contributed by atoms with Crippen molar-refractivity contribution in [2.45, 2.75) is 142 Å². The molecule has 0 aromatic heterocycles. The molecule has 3 saturated heterocycles. The molecule has 0 radical (unpaired) electrons. The van der Waals surface area contributed by atoms with E-state index >= 15 is 0 Å². The van der Waals surface area contributed by atoms with Gasteiger partial charge in [0.2, 0.25) is 0 Å². The number of nitrogens with zero attached hydrogens (tertiary/aromatic N) is 1. The van der Waals surface area contributed by atoms with E-state index in [1.165, 1.54) is 0 Å². The Balaban J connectivity index is 0.000000355. The summed E-state index contributed by atoms with van der Waals surface area (Å²) in [5, 5.41) is 30.6. The normalized spacial score (nSPS) is 47.6. The number of methoxy groups -OCH3 is 1.